The zero-order valence-corrected chi connectivity index (χ0v) is 17.2. The molecule has 3 rings (SSSR count). The predicted octanol–water partition coefficient (Wildman–Crippen LogP) is 4.07. The van der Waals surface area contributed by atoms with Crippen molar-refractivity contribution in [3.8, 4) is 11.6 Å². The number of carbonyl (C=O) groups excluding carboxylic acids is 2. The van der Waals surface area contributed by atoms with Crippen molar-refractivity contribution in [1.29, 1.82) is 0 Å². The molecular weight excluding hydrogens is 399 g/mol. The maximum Gasteiger partial charge on any atom is 0.315 e. The molecule has 0 aliphatic carbocycles. The van der Waals surface area contributed by atoms with Crippen molar-refractivity contribution in [1.82, 2.24) is 15.6 Å². The average molecular weight is 422 g/mol. The van der Waals surface area contributed by atoms with E-state index >= 15 is 0 Å². The molecule has 8 heteroatoms. The Labute approximate surface area is 179 Å². The van der Waals surface area contributed by atoms with Crippen molar-refractivity contribution in [2.24, 2.45) is 0 Å². The Hall–Kier alpha value is -3.94. The lowest BCUT2D eigenvalue weighted by molar-refractivity contribution is -0.115. The van der Waals surface area contributed by atoms with Gasteiger partial charge in [0.2, 0.25) is 11.8 Å². The van der Waals surface area contributed by atoms with Crippen molar-refractivity contribution in [3.05, 3.63) is 83.3 Å². The number of aryl methyl sites for hydroxylation is 1. The van der Waals surface area contributed by atoms with Crippen molar-refractivity contribution in [3.63, 3.8) is 0 Å². The Morgan fingerprint density at radius 3 is 2.55 bits per heavy atom. The van der Waals surface area contributed by atoms with Gasteiger partial charge >= 0.3 is 6.03 Å². The molecule has 2 aromatic carbocycles. The third-order valence-corrected chi connectivity index (χ3v) is 4.58. The first-order valence-electron chi connectivity index (χ1n) is 9.67. The number of carbonyl (C=O) groups is 2. The van der Waals surface area contributed by atoms with Crippen LogP contribution in [0.25, 0.3) is 0 Å². The van der Waals surface area contributed by atoms with Gasteiger partial charge < -0.3 is 20.7 Å². The number of rotatable bonds is 7. The molecule has 0 unspecified atom stereocenters. The van der Waals surface area contributed by atoms with E-state index in [1.165, 1.54) is 12.1 Å². The summed E-state index contributed by atoms with van der Waals surface area (Å²) < 4.78 is 18.8. The monoisotopic (exact) mass is 422 g/mol. The van der Waals surface area contributed by atoms with Crippen LogP contribution in [0.5, 0.6) is 11.6 Å². The minimum absolute atomic E-state index is 0.212. The van der Waals surface area contributed by atoms with Crippen LogP contribution in [-0.2, 0) is 11.3 Å². The molecule has 0 saturated heterocycles. The highest BCUT2D eigenvalue weighted by molar-refractivity contribution is 5.95. The molecule has 1 heterocycles. The second-order valence-corrected chi connectivity index (χ2v) is 6.87. The van der Waals surface area contributed by atoms with E-state index in [0.29, 0.717) is 11.4 Å². The molecule has 0 aliphatic rings. The summed E-state index contributed by atoms with van der Waals surface area (Å²) in [6.45, 7) is 3.90. The molecule has 0 spiro atoms. The maximum atomic E-state index is 12.9. The first kappa shape index (κ1) is 21.8. The van der Waals surface area contributed by atoms with E-state index in [4.69, 9.17) is 4.74 Å². The third-order valence-electron chi connectivity index (χ3n) is 4.58. The number of ether oxygens (including phenoxy) is 1. The number of hydrogen-bond acceptors (Lipinski definition) is 4. The Bertz CT molecular complexity index is 1070. The summed E-state index contributed by atoms with van der Waals surface area (Å²) in [7, 11) is 0. The van der Waals surface area contributed by atoms with E-state index in [2.05, 4.69) is 20.9 Å². The van der Waals surface area contributed by atoms with Crippen LogP contribution in [0, 0.1) is 19.7 Å². The van der Waals surface area contributed by atoms with Crippen LogP contribution in [0.4, 0.5) is 14.9 Å². The fraction of sp³-hybridized carbons (Fsp3) is 0.174. The molecule has 7 nitrogen and oxygen atoms in total. The van der Waals surface area contributed by atoms with E-state index in [1.54, 1.807) is 30.5 Å². The minimum atomic E-state index is -0.516. The lowest BCUT2D eigenvalue weighted by atomic mass is 10.1. The predicted molar refractivity (Wildman–Crippen MR) is 115 cm³/mol. The van der Waals surface area contributed by atoms with E-state index < -0.39 is 11.9 Å². The first-order valence-corrected chi connectivity index (χ1v) is 9.67. The number of hydrogen-bond donors (Lipinski definition) is 3. The summed E-state index contributed by atoms with van der Waals surface area (Å²) >= 11 is 0. The standard InChI is InChI=1S/C23H23FN4O3/c1-15-5-3-7-20(16(15)2)31-22-19(6-4-12-25-22)28-21(29)14-27-23(30)26-13-17-8-10-18(24)11-9-17/h3-12H,13-14H2,1-2H3,(H,28,29)(H2,26,27,30). The normalized spacial score (nSPS) is 10.3. The summed E-state index contributed by atoms with van der Waals surface area (Å²) in [6.07, 6.45) is 1.57. The number of urea groups is 1. The lowest BCUT2D eigenvalue weighted by Crippen LogP contribution is -2.39. The zero-order valence-electron chi connectivity index (χ0n) is 17.2. The van der Waals surface area contributed by atoms with Crippen LogP contribution in [0.2, 0.25) is 0 Å². The fourth-order valence-corrected chi connectivity index (χ4v) is 2.71. The zero-order chi connectivity index (χ0) is 22.2. The van der Waals surface area contributed by atoms with Crippen LogP contribution < -0.4 is 20.7 Å². The summed E-state index contributed by atoms with van der Waals surface area (Å²) in [5.74, 6) is 0.120. The lowest BCUT2D eigenvalue weighted by Gasteiger charge is -2.14. The van der Waals surface area contributed by atoms with Gasteiger partial charge in [0.15, 0.2) is 0 Å². The number of anilines is 1. The van der Waals surface area contributed by atoms with Gasteiger partial charge in [0.05, 0.1) is 6.54 Å². The molecule has 0 fully saturated rings. The van der Waals surface area contributed by atoms with Gasteiger partial charge in [-0.3, -0.25) is 4.79 Å². The number of halogens is 1. The van der Waals surface area contributed by atoms with Crippen molar-refractivity contribution >= 4 is 17.6 Å². The third kappa shape index (κ3) is 6.27. The quantitative estimate of drug-likeness (QED) is 0.535. The molecule has 160 valence electrons. The van der Waals surface area contributed by atoms with Gasteiger partial charge in [-0.15, -0.1) is 0 Å². The van der Waals surface area contributed by atoms with Gasteiger partial charge in [0, 0.05) is 12.7 Å². The average Bonchev–Trinajstić information content (AvgIpc) is 2.76. The number of aromatic nitrogens is 1. The van der Waals surface area contributed by atoms with E-state index in [-0.39, 0.29) is 24.8 Å². The molecule has 1 aromatic heterocycles. The molecule has 0 radical (unpaired) electrons. The van der Waals surface area contributed by atoms with Crippen LogP contribution >= 0.6 is 0 Å². The summed E-state index contributed by atoms with van der Waals surface area (Å²) in [6, 6.07) is 14.3. The Balaban J connectivity index is 1.53. The minimum Gasteiger partial charge on any atom is -0.437 e. The number of nitrogens with one attached hydrogen (secondary N) is 3. The Kier molecular flexibility index (Phi) is 7.16. The van der Waals surface area contributed by atoms with E-state index in [1.807, 2.05) is 32.0 Å². The maximum absolute atomic E-state index is 12.9. The Morgan fingerprint density at radius 2 is 1.77 bits per heavy atom. The van der Waals surface area contributed by atoms with Crippen molar-refractivity contribution in [2.75, 3.05) is 11.9 Å². The topological polar surface area (TPSA) is 92.3 Å². The highest BCUT2D eigenvalue weighted by Crippen LogP contribution is 2.30. The van der Waals surface area contributed by atoms with Crippen molar-refractivity contribution in [2.45, 2.75) is 20.4 Å². The van der Waals surface area contributed by atoms with Crippen LogP contribution in [0.1, 0.15) is 16.7 Å². The van der Waals surface area contributed by atoms with E-state index in [0.717, 1.165) is 16.7 Å². The number of nitrogens with zero attached hydrogens (tertiary/aromatic N) is 1. The molecule has 3 aromatic rings. The molecule has 0 aliphatic heterocycles. The van der Waals surface area contributed by atoms with Crippen molar-refractivity contribution < 1.29 is 18.7 Å². The van der Waals surface area contributed by atoms with Crippen LogP contribution in [0.3, 0.4) is 0 Å². The highest BCUT2D eigenvalue weighted by atomic mass is 19.1. The second-order valence-electron chi connectivity index (χ2n) is 6.87. The molecular formula is C23H23FN4O3. The number of amides is 3. The number of pyridine rings is 1. The molecule has 3 N–H and O–H groups in total. The molecule has 0 atom stereocenters. The Morgan fingerprint density at radius 1 is 1.00 bits per heavy atom. The van der Waals surface area contributed by atoms with Gasteiger partial charge in [0.1, 0.15) is 17.3 Å². The van der Waals surface area contributed by atoms with Crippen LogP contribution in [-0.4, -0.2) is 23.5 Å². The summed E-state index contributed by atoms with van der Waals surface area (Å²) in [5, 5.41) is 7.77. The van der Waals surface area contributed by atoms with Gasteiger partial charge in [-0.1, -0.05) is 24.3 Å². The SMILES string of the molecule is Cc1cccc(Oc2ncccc2NC(=O)CNC(=O)NCc2ccc(F)cc2)c1C. The van der Waals surface area contributed by atoms with Crippen LogP contribution in [0.15, 0.2) is 60.8 Å². The first-order chi connectivity index (χ1) is 14.9. The summed E-state index contributed by atoms with van der Waals surface area (Å²) in [5.41, 5.74) is 3.19. The fourth-order valence-electron chi connectivity index (χ4n) is 2.71. The molecule has 0 bridgehead atoms. The van der Waals surface area contributed by atoms with Gasteiger partial charge in [-0.2, -0.15) is 0 Å². The highest BCUT2D eigenvalue weighted by Gasteiger charge is 2.12. The van der Waals surface area contributed by atoms with Gasteiger partial charge in [0.25, 0.3) is 0 Å². The van der Waals surface area contributed by atoms with E-state index in [9.17, 15) is 14.0 Å². The molecule has 3 amide bonds. The summed E-state index contributed by atoms with van der Waals surface area (Å²) in [4.78, 5) is 28.4. The van der Waals surface area contributed by atoms with Gasteiger partial charge in [-0.25, -0.2) is 14.2 Å². The van der Waals surface area contributed by atoms with Gasteiger partial charge in [-0.05, 0) is 60.9 Å². The molecule has 31 heavy (non-hydrogen) atoms. The molecule has 0 saturated carbocycles. The largest absolute Gasteiger partial charge is 0.437 e. The smallest absolute Gasteiger partial charge is 0.315 e. The second kappa shape index (κ2) is 10.2. The number of benzene rings is 2.